The molecule has 0 radical (unpaired) electrons. The zero-order valence-corrected chi connectivity index (χ0v) is 14.9. The van der Waals surface area contributed by atoms with E-state index in [4.69, 9.17) is 9.84 Å². The van der Waals surface area contributed by atoms with E-state index in [0.29, 0.717) is 13.1 Å². The lowest BCUT2D eigenvalue weighted by Gasteiger charge is -2.42. The maximum Gasteiger partial charge on any atom is 0.317 e. The molecule has 1 saturated carbocycles. The number of likely N-dealkylation sites (N-methyl/N-ethyl adjacent to an activating group) is 1. The van der Waals surface area contributed by atoms with Gasteiger partial charge < -0.3 is 20.5 Å². The molecule has 0 aromatic carbocycles. The Morgan fingerprint density at radius 2 is 1.96 bits per heavy atom. The third-order valence-corrected chi connectivity index (χ3v) is 4.41. The van der Waals surface area contributed by atoms with Gasteiger partial charge in [0.05, 0.1) is 12.6 Å². The van der Waals surface area contributed by atoms with Crippen molar-refractivity contribution in [2.75, 3.05) is 26.7 Å². The Bertz CT molecular complexity index is 403. The summed E-state index contributed by atoms with van der Waals surface area (Å²) in [5.41, 5.74) is -0.0396. The number of ether oxygens (including phenoxy) is 1. The molecule has 0 saturated heterocycles. The zero-order valence-electron chi connectivity index (χ0n) is 14.9. The smallest absolute Gasteiger partial charge is 0.317 e. The minimum Gasteiger partial charge on any atom is -0.480 e. The quantitative estimate of drug-likeness (QED) is 0.624. The molecule has 0 aliphatic heterocycles. The van der Waals surface area contributed by atoms with Crippen LogP contribution in [-0.2, 0) is 9.53 Å². The summed E-state index contributed by atoms with van der Waals surface area (Å²) in [7, 11) is 1.65. The van der Waals surface area contributed by atoms with Gasteiger partial charge in [-0.1, -0.05) is 27.7 Å². The van der Waals surface area contributed by atoms with Crippen LogP contribution in [0.3, 0.4) is 0 Å². The lowest BCUT2D eigenvalue weighted by atomic mass is 9.85. The summed E-state index contributed by atoms with van der Waals surface area (Å²) in [4.78, 5) is 24.7. The molecule has 0 heterocycles. The fourth-order valence-corrected chi connectivity index (χ4v) is 2.84. The Morgan fingerprint density at radius 1 is 1.35 bits per heavy atom. The minimum absolute atomic E-state index is 0.0396. The van der Waals surface area contributed by atoms with E-state index in [9.17, 15) is 9.59 Å². The molecule has 3 N–H and O–H groups in total. The first-order valence-corrected chi connectivity index (χ1v) is 8.20. The zero-order chi connectivity index (χ0) is 17.6. The number of carbonyl (C=O) groups excluding carboxylic acids is 1. The van der Waals surface area contributed by atoms with Crippen LogP contribution in [0.1, 0.15) is 40.5 Å². The van der Waals surface area contributed by atoms with Gasteiger partial charge in [0.1, 0.15) is 0 Å². The molecule has 1 fully saturated rings. The van der Waals surface area contributed by atoms with Gasteiger partial charge in [-0.15, -0.1) is 0 Å². The van der Waals surface area contributed by atoms with Crippen LogP contribution in [0.4, 0.5) is 4.79 Å². The highest BCUT2D eigenvalue weighted by Gasteiger charge is 2.34. The fourth-order valence-electron chi connectivity index (χ4n) is 2.84. The van der Waals surface area contributed by atoms with Crippen molar-refractivity contribution in [1.29, 1.82) is 0 Å². The average Bonchev–Trinajstić information content (AvgIpc) is 2.39. The van der Waals surface area contributed by atoms with Gasteiger partial charge in [-0.05, 0) is 24.8 Å². The number of amides is 2. The van der Waals surface area contributed by atoms with Crippen molar-refractivity contribution < 1.29 is 19.4 Å². The standard InChI is InChI=1S/C16H31N3O4/c1-6-19(10-14(20)21)12-7-11(8-12)18-15(22)17-9-13(23-5)16(2,3)4/h11-13H,6-10H2,1-5H3,(H,20,21)(H2,17,18,22). The number of aliphatic carboxylic acids is 1. The van der Waals surface area contributed by atoms with Gasteiger partial charge in [0.2, 0.25) is 0 Å². The first-order chi connectivity index (χ1) is 10.7. The normalized spacial score (nSPS) is 22.3. The maximum absolute atomic E-state index is 11.9. The third kappa shape index (κ3) is 6.35. The SMILES string of the molecule is CCN(CC(=O)O)C1CC(NC(=O)NCC(OC)C(C)(C)C)C1. The van der Waals surface area contributed by atoms with Gasteiger partial charge in [-0.3, -0.25) is 9.69 Å². The molecule has 0 aromatic heterocycles. The van der Waals surface area contributed by atoms with Crippen LogP contribution in [0.2, 0.25) is 0 Å². The molecule has 1 atom stereocenters. The highest BCUT2D eigenvalue weighted by Crippen LogP contribution is 2.25. The Hall–Kier alpha value is -1.34. The number of carboxylic acid groups (broad SMARTS) is 1. The molecule has 1 rings (SSSR count). The van der Waals surface area contributed by atoms with Crippen molar-refractivity contribution in [2.45, 2.75) is 58.7 Å². The van der Waals surface area contributed by atoms with Gasteiger partial charge >= 0.3 is 12.0 Å². The first-order valence-electron chi connectivity index (χ1n) is 8.20. The van der Waals surface area contributed by atoms with Crippen LogP contribution in [-0.4, -0.2) is 66.9 Å². The second-order valence-corrected chi connectivity index (χ2v) is 7.22. The number of hydrogen-bond acceptors (Lipinski definition) is 4. The van der Waals surface area contributed by atoms with Crippen LogP contribution < -0.4 is 10.6 Å². The summed E-state index contributed by atoms with van der Waals surface area (Å²) < 4.78 is 5.41. The summed E-state index contributed by atoms with van der Waals surface area (Å²) in [5.74, 6) is -0.811. The lowest BCUT2D eigenvalue weighted by molar-refractivity contribution is -0.139. The van der Waals surface area contributed by atoms with E-state index in [2.05, 4.69) is 31.4 Å². The average molecular weight is 329 g/mol. The number of hydrogen-bond donors (Lipinski definition) is 3. The van der Waals surface area contributed by atoms with E-state index in [1.54, 1.807) is 7.11 Å². The number of carbonyl (C=O) groups is 2. The second-order valence-electron chi connectivity index (χ2n) is 7.22. The molecule has 1 unspecified atom stereocenters. The Morgan fingerprint density at radius 3 is 2.39 bits per heavy atom. The van der Waals surface area contributed by atoms with Crippen molar-refractivity contribution in [3.05, 3.63) is 0 Å². The maximum atomic E-state index is 11.9. The van der Waals surface area contributed by atoms with E-state index in [1.807, 2.05) is 11.8 Å². The highest BCUT2D eigenvalue weighted by atomic mass is 16.5. The minimum atomic E-state index is -0.811. The fraction of sp³-hybridized carbons (Fsp3) is 0.875. The van der Waals surface area contributed by atoms with Crippen LogP contribution in [0, 0.1) is 5.41 Å². The number of nitrogens with one attached hydrogen (secondary N) is 2. The van der Waals surface area contributed by atoms with Crippen molar-refractivity contribution in [3.63, 3.8) is 0 Å². The summed E-state index contributed by atoms with van der Waals surface area (Å²) in [6.07, 6.45) is 1.54. The van der Waals surface area contributed by atoms with Gasteiger partial charge in [-0.2, -0.15) is 0 Å². The Kier molecular flexibility index (Phi) is 7.28. The Balaban J connectivity index is 2.29. The van der Waals surface area contributed by atoms with Gasteiger partial charge in [0.15, 0.2) is 0 Å². The molecule has 2 amide bonds. The largest absolute Gasteiger partial charge is 0.480 e. The van der Waals surface area contributed by atoms with E-state index in [1.165, 1.54) is 0 Å². The predicted octanol–water partition coefficient (Wildman–Crippen LogP) is 1.28. The van der Waals surface area contributed by atoms with Crippen molar-refractivity contribution in [2.24, 2.45) is 5.41 Å². The van der Waals surface area contributed by atoms with E-state index >= 15 is 0 Å². The summed E-state index contributed by atoms with van der Waals surface area (Å²) in [6.45, 7) is 9.38. The molecule has 0 spiro atoms. The summed E-state index contributed by atoms with van der Waals surface area (Å²) in [6, 6.07) is 0.155. The number of carboxylic acids is 1. The summed E-state index contributed by atoms with van der Waals surface area (Å²) in [5, 5.41) is 14.6. The number of methoxy groups -OCH3 is 1. The van der Waals surface area contributed by atoms with Crippen LogP contribution in [0.5, 0.6) is 0 Å². The molecule has 1 aliphatic carbocycles. The molecule has 7 heteroatoms. The van der Waals surface area contributed by atoms with Crippen molar-refractivity contribution in [1.82, 2.24) is 15.5 Å². The van der Waals surface area contributed by atoms with Crippen LogP contribution in [0.25, 0.3) is 0 Å². The topological polar surface area (TPSA) is 90.9 Å². The number of urea groups is 1. The molecule has 0 aromatic rings. The number of rotatable bonds is 8. The monoisotopic (exact) mass is 329 g/mol. The highest BCUT2D eigenvalue weighted by molar-refractivity contribution is 5.74. The van der Waals surface area contributed by atoms with E-state index < -0.39 is 5.97 Å². The molecule has 7 nitrogen and oxygen atoms in total. The van der Waals surface area contributed by atoms with E-state index in [0.717, 1.165) is 12.8 Å². The molecular formula is C16H31N3O4. The van der Waals surface area contributed by atoms with Gasteiger partial charge in [-0.25, -0.2) is 4.79 Å². The third-order valence-electron chi connectivity index (χ3n) is 4.41. The van der Waals surface area contributed by atoms with Crippen molar-refractivity contribution >= 4 is 12.0 Å². The van der Waals surface area contributed by atoms with E-state index in [-0.39, 0.29) is 36.2 Å². The molecule has 0 bridgehead atoms. The molecule has 1 aliphatic rings. The number of nitrogens with zero attached hydrogens (tertiary/aromatic N) is 1. The molecule has 134 valence electrons. The van der Waals surface area contributed by atoms with Crippen LogP contribution >= 0.6 is 0 Å². The van der Waals surface area contributed by atoms with Gasteiger partial charge in [0.25, 0.3) is 0 Å². The summed E-state index contributed by atoms with van der Waals surface area (Å²) >= 11 is 0. The van der Waals surface area contributed by atoms with Crippen molar-refractivity contribution in [3.8, 4) is 0 Å². The second kappa shape index (κ2) is 8.49. The molecule has 23 heavy (non-hydrogen) atoms. The predicted molar refractivity (Wildman–Crippen MR) is 88.5 cm³/mol. The lowest BCUT2D eigenvalue weighted by Crippen LogP contribution is -2.57. The van der Waals surface area contributed by atoms with Gasteiger partial charge in [0, 0.05) is 25.7 Å². The first kappa shape index (κ1) is 19.7. The Labute approximate surface area is 138 Å². The van der Waals surface area contributed by atoms with Crippen LogP contribution in [0.15, 0.2) is 0 Å². The molecular weight excluding hydrogens is 298 g/mol.